The zero-order valence-corrected chi connectivity index (χ0v) is 10.9. The first kappa shape index (κ1) is 14.0. The summed E-state index contributed by atoms with van der Waals surface area (Å²) in [6.45, 7) is 0. The number of aliphatic hydroxyl groups is 1. The van der Waals surface area contributed by atoms with Crippen LogP contribution in [0.3, 0.4) is 0 Å². The van der Waals surface area contributed by atoms with Crippen LogP contribution in [0.2, 0.25) is 5.02 Å². The highest BCUT2D eigenvalue weighted by Crippen LogP contribution is 2.15. The predicted octanol–water partition coefficient (Wildman–Crippen LogP) is 3.76. The number of halogens is 3. The van der Waals surface area contributed by atoms with E-state index in [1.165, 1.54) is 12.1 Å². The number of hydrogen-bond acceptors (Lipinski definition) is 1. The van der Waals surface area contributed by atoms with Gasteiger partial charge >= 0.3 is 0 Å². The SMILES string of the molecule is OC(Cc1ccc(Cl)cc1)Cc1ccc(F)cc1F. The van der Waals surface area contributed by atoms with Crippen LogP contribution >= 0.6 is 11.6 Å². The summed E-state index contributed by atoms with van der Waals surface area (Å²) < 4.78 is 26.2. The molecule has 1 atom stereocenters. The Bertz CT molecular complexity index is 555. The standard InChI is InChI=1S/C15H13ClF2O/c16-12-4-1-10(2-5-12)7-14(19)8-11-3-6-13(17)9-15(11)18/h1-6,9,14,19H,7-8H2. The molecule has 0 aliphatic carbocycles. The third-order valence-corrected chi connectivity index (χ3v) is 3.11. The van der Waals surface area contributed by atoms with Crippen molar-refractivity contribution in [3.05, 3.63) is 70.2 Å². The minimum Gasteiger partial charge on any atom is -0.392 e. The smallest absolute Gasteiger partial charge is 0.129 e. The molecule has 0 spiro atoms. The molecule has 1 nitrogen and oxygen atoms in total. The van der Waals surface area contributed by atoms with Crippen LogP contribution in [0.15, 0.2) is 42.5 Å². The van der Waals surface area contributed by atoms with Crippen molar-refractivity contribution in [1.82, 2.24) is 0 Å². The molecule has 0 bridgehead atoms. The Morgan fingerprint density at radius 1 is 1.00 bits per heavy atom. The van der Waals surface area contributed by atoms with Gasteiger partial charge in [0.25, 0.3) is 0 Å². The van der Waals surface area contributed by atoms with Gasteiger partial charge in [-0.05, 0) is 35.7 Å². The predicted molar refractivity (Wildman–Crippen MR) is 71.2 cm³/mol. The summed E-state index contributed by atoms with van der Waals surface area (Å²) in [5.74, 6) is -1.25. The summed E-state index contributed by atoms with van der Waals surface area (Å²) in [5.41, 5.74) is 1.22. The van der Waals surface area contributed by atoms with E-state index >= 15 is 0 Å². The van der Waals surface area contributed by atoms with Gasteiger partial charge in [0.15, 0.2) is 0 Å². The molecular formula is C15H13ClF2O. The van der Waals surface area contributed by atoms with Crippen molar-refractivity contribution in [2.24, 2.45) is 0 Å². The highest BCUT2D eigenvalue weighted by atomic mass is 35.5. The topological polar surface area (TPSA) is 20.2 Å². The Labute approximate surface area is 115 Å². The fourth-order valence-corrected chi connectivity index (χ4v) is 2.03. The van der Waals surface area contributed by atoms with E-state index < -0.39 is 17.7 Å². The molecule has 100 valence electrons. The van der Waals surface area contributed by atoms with Crippen LogP contribution in [-0.4, -0.2) is 11.2 Å². The van der Waals surface area contributed by atoms with Crippen LogP contribution in [0.5, 0.6) is 0 Å². The summed E-state index contributed by atoms with van der Waals surface area (Å²) in [5, 5.41) is 10.6. The summed E-state index contributed by atoms with van der Waals surface area (Å²) in [6, 6.07) is 10.5. The lowest BCUT2D eigenvalue weighted by Gasteiger charge is -2.11. The van der Waals surface area contributed by atoms with Gasteiger partial charge in [-0.1, -0.05) is 29.8 Å². The van der Waals surface area contributed by atoms with E-state index in [9.17, 15) is 13.9 Å². The maximum atomic E-state index is 13.4. The highest BCUT2D eigenvalue weighted by Gasteiger charge is 2.11. The molecule has 0 radical (unpaired) electrons. The Morgan fingerprint density at radius 3 is 2.32 bits per heavy atom. The summed E-state index contributed by atoms with van der Waals surface area (Å²) in [7, 11) is 0. The molecular weight excluding hydrogens is 270 g/mol. The molecule has 2 rings (SSSR count). The van der Waals surface area contributed by atoms with E-state index in [4.69, 9.17) is 11.6 Å². The van der Waals surface area contributed by atoms with E-state index in [1.54, 1.807) is 12.1 Å². The molecule has 0 heterocycles. The van der Waals surface area contributed by atoms with Gasteiger partial charge in [0, 0.05) is 17.5 Å². The van der Waals surface area contributed by atoms with Crippen molar-refractivity contribution >= 4 is 11.6 Å². The van der Waals surface area contributed by atoms with E-state index in [0.717, 1.165) is 11.6 Å². The lowest BCUT2D eigenvalue weighted by molar-refractivity contribution is 0.174. The maximum Gasteiger partial charge on any atom is 0.129 e. The minimum atomic E-state index is -0.721. The third-order valence-electron chi connectivity index (χ3n) is 2.86. The molecule has 0 aliphatic rings. The van der Waals surface area contributed by atoms with Gasteiger partial charge in [0.2, 0.25) is 0 Å². The zero-order chi connectivity index (χ0) is 13.8. The van der Waals surface area contributed by atoms with Crippen LogP contribution in [0.25, 0.3) is 0 Å². The molecule has 2 aromatic rings. The van der Waals surface area contributed by atoms with Crippen molar-refractivity contribution in [3.63, 3.8) is 0 Å². The minimum absolute atomic E-state index is 0.148. The average molecular weight is 283 g/mol. The molecule has 4 heteroatoms. The van der Waals surface area contributed by atoms with Crippen LogP contribution in [0.4, 0.5) is 8.78 Å². The third kappa shape index (κ3) is 4.01. The van der Waals surface area contributed by atoms with Crippen molar-refractivity contribution in [1.29, 1.82) is 0 Å². The van der Waals surface area contributed by atoms with Gasteiger partial charge in [-0.3, -0.25) is 0 Å². The molecule has 0 saturated heterocycles. The largest absolute Gasteiger partial charge is 0.392 e. The van der Waals surface area contributed by atoms with Gasteiger partial charge in [0.05, 0.1) is 6.10 Å². The van der Waals surface area contributed by atoms with Gasteiger partial charge in [-0.15, -0.1) is 0 Å². The van der Waals surface area contributed by atoms with E-state index in [1.807, 2.05) is 12.1 Å². The number of rotatable bonds is 4. The van der Waals surface area contributed by atoms with E-state index in [2.05, 4.69) is 0 Å². The fraction of sp³-hybridized carbons (Fsp3) is 0.200. The maximum absolute atomic E-state index is 13.4. The lowest BCUT2D eigenvalue weighted by Crippen LogP contribution is -2.14. The van der Waals surface area contributed by atoms with Crippen molar-refractivity contribution in [2.75, 3.05) is 0 Å². The van der Waals surface area contributed by atoms with Crippen molar-refractivity contribution in [2.45, 2.75) is 18.9 Å². The molecule has 0 saturated carbocycles. The van der Waals surface area contributed by atoms with Crippen LogP contribution in [-0.2, 0) is 12.8 Å². The van der Waals surface area contributed by atoms with Crippen LogP contribution in [0.1, 0.15) is 11.1 Å². The normalized spacial score (nSPS) is 12.4. The van der Waals surface area contributed by atoms with Crippen LogP contribution in [0, 0.1) is 11.6 Å². The van der Waals surface area contributed by atoms with E-state index in [0.29, 0.717) is 17.0 Å². The Kier molecular flexibility index (Phi) is 4.51. The Balaban J connectivity index is 2.01. The molecule has 19 heavy (non-hydrogen) atoms. The van der Waals surface area contributed by atoms with Gasteiger partial charge < -0.3 is 5.11 Å². The van der Waals surface area contributed by atoms with Crippen LogP contribution < -0.4 is 0 Å². The second kappa shape index (κ2) is 6.13. The second-order valence-corrected chi connectivity index (χ2v) is 4.86. The Morgan fingerprint density at radius 2 is 1.68 bits per heavy atom. The molecule has 2 aromatic carbocycles. The monoisotopic (exact) mass is 282 g/mol. The molecule has 1 N–H and O–H groups in total. The zero-order valence-electron chi connectivity index (χ0n) is 10.1. The molecule has 1 unspecified atom stereocenters. The van der Waals surface area contributed by atoms with Gasteiger partial charge in [0.1, 0.15) is 11.6 Å². The number of benzene rings is 2. The summed E-state index contributed by atoms with van der Waals surface area (Å²) >= 11 is 5.77. The molecule has 0 amide bonds. The van der Waals surface area contributed by atoms with Crippen molar-refractivity contribution < 1.29 is 13.9 Å². The van der Waals surface area contributed by atoms with Gasteiger partial charge in [-0.2, -0.15) is 0 Å². The first-order valence-electron chi connectivity index (χ1n) is 5.91. The lowest BCUT2D eigenvalue weighted by atomic mass is 10.0. The fourth-order valence-electron chi connectivity index (χ4n) is 1.91. The number of aliphatic hydroxyl groups excluding tert-OH is 1. The van der Waals surface area contributed by atoms with Crippen molar-refractivity contribution in [3.8, 4) is 0 Å². The highest BCUT2D eigenvalue weighted by molar-refractivity contribution is 6.30. The Hall–Kier alpha value is -1.45. The van der Waals surface area contributed by atoms with Gasteiger partial charge in [-0.25, -0.2) is 8.78 Å². The average Bonchev–Trinajstić information content (AvgIpc) is 2.36. The second-order valence-electron chi connectivity index (χ2n) is 4.42. The summed E-state index contributed by atoms with van der Waals surface area (Å²) in [4.78, 5) is 0. The molecule has 0 aromatic heterocycles. The quantitative estimate of drug-likeness (QED) is 0.905. The van der Waals surface area contributed by atoms with E-state index in [-0.39, 0.29) is 6.42 Å². The molecule has 0 aliphatic heterocycles. The first-order valence-corrected chi connectivity index (χ1v) is 6.29. The first-order chi connectivity index (χ1) is 9.04. The molecule has 0 fully saturated rings. The number of hydrogen-bond donors (Lipinski definition) is 1. The summed E-state index contributed by atoms with van der Waals surface area (Å²) in [6.07, 6.45) is -0.177.